The Morgan fingerprint density at radius 1 is 0.917 bits per heavy atom. The van der Waals surface area contributed by atoms with E-state index in [9.17, 15) is 4.79 Å². The summed E-state index contributed by atoms with van der Waals surface area (Å²) in [6.07, 6.45) is 7.53. The summed E-state index contributed by atoms with van der Waals surface area (Å²) in [5.74, 6) is -0.141. The van der Waals surface area contributed by atoms with Gasteiger partial charge in [-0.15, -0.1) is 0 Å². The highest BCUT2D eigenvalue weighted by Gasteiger charge is 2.09. The van der Waals surface area contributed by atoms with Crippen LogP contribution in [0, 0.1) is 0 Å². The molecule has 1 amide bonds. The summed E-state index contributed by atoms with van der Waals surface area (Å²) in [5.41, 5.74) is 3.45. The average molecular weight is 379 g/mol. The number of pyridine rings is 1. The van der Waals surface area contributed by atoms with E-state index in [2.05, 4.69) is 26.2 Å². The van der Waals surface area contributed by atoms with Gasteiger partial charge >= 0.3 is 0 Å². The van der Waals surface area contributed by atoms with Crippen molar-refractivity contribution in [2.24, 2.45) is 0 Å². The molecule has 0 atom stereocenters. The Balaban J connectivity index is 1.75. The largest absolute Gasteiger partial charge is 0.322 e. The van der Waals surface area contributed by atoms with Gasteiger partial charge in [0, 0.05) is 22.6 Å². The summed E-state index contributed by atoms with van der Waals surface area (Å²) in [6, 6.07) is 19.0. The molecule has 1 aromatic heterocycles. The molecule has 1 N–H and O–H groups in total. The summed E-state index contributed by atoms with van der Waals surface area (Å²) >= 11 is 3.40. The summed E-state index contributed by atoms with van der Waals surface area (Å²) in [4.78, 5) is 16.4. The third kappa shape index (κ3) is 4.18. The van der Waals surface area contributed by atoms with Crippen molar-refractivity contribution in [1.29, 1.82) is 0 Å². The molecule has 1 heterocycles. The van der Waals surface area contributed by atoms with E-state index in [-0.39, 0.29) is 5.91 Å². The Kier molecular flexibility index (Phi) is 5.18. The van der Waals surface area contributed by atoms with Crippen molar-refractivity contribution >= 4 is 39.7 Å². The van der Waals surface area contributed by atoms with Crippen molar-refractivity contribution in [1.82, 2.24) is 4.98 Å². The van der Waals surface area contributed by atoms with Crippen LogP contribution in [-0.2, 0) is 0 Å². The lowest BCUT2D eigenvalue weighted by atomic mass is 10.1. The number of halogens is 1. The van der Waals surface area contributed by atoms with Gasteiger partial charge in [-0.3, -0.25) is 9.78 Å². The molecule has 0 spiro atoms. The number of nitrogens with zero attached hydrogens (tertiary/aromatic N) is 1. The average Bonchev–Trinajstić information content (AvgIpc) is 2.61. The van der Waals surface area contributed by atoms with E-state index in [1.807, 2.05) is 66.7 Å². The molecule has 0 fully saturated rings. The van der Waals surface area contributed by atoms with Crippen LogP contribution < -0.4 is 5.32 Å². The van der Waals surface area contributed by atoms with Crippen molar-refractivity contribution in [3.63, 3.8) is 0 Å². The van der Waals surface area contributed by atoms with Crippen LogP contribution in [0.4, 0.5) is 5.69 Å². The molecule has 24 heavy (non-hydrogen) atoms. The van der Waals surface area contributed by atoms with Gasteiger partial charge in [0.05, 0.1) is 5.56 Å². The lowest BCUT2D eigenvalue weighted by Gasteiger charge is -2.07. The zero-order valence-corrected chi connectivity index (χ0v) is 14.4. The number of carbonyl (C=O) groups excluding carboxylic acids is 1. The molecular weight excluding hydrogens is 364 g/mol. The molecule has 3 rings (SSSR count). The third-order valence-corrected chi connectivity index (χ3v) is 4.13. The first kappa shape index (κ1) is 16.1. The Morgan fingerprint density at radius 2 is 1.67 bits per heavy atom. The fraction of sp³-hybridized carbons (Fsp3) is 0. The minimum Gasteiger partial charge on any atom is -0.322 e. The number of benzene rings is 2. The first-order valence-corrected chi connectivity index (χ1v) is 8.26. The topological polar surface area (TPSA) is 42.0 Å². The maximum Gasteiger partial charge on any atom is 0.256 e. The monoisotopic (exact) mass is 378 g/mol. The van der Waals surface area contributed by atoms with Gasteiger partial charge in [0.15, 0.2) is 0 Å². The van der Waals surface area contributed by atoms with Gasteiger partial charge in [-0.1, -0.05) is 36.4 Å². The second-order valence-electron chi connectivity index (χ2n) is 5.17. The number of anilines is 1. The fourth-order valence-electron chi connectivity index (χ4n) is 2.23. The molecular formula is C20H15BrN2O. The van der Waals surface area contributed by atoms with Gasteiger partial charge in [-0.25, -0.2) is 0 Å². The van der Waals surface area contributed by atoms with Crippen molar-refractivity contribution in [3.8, 4) is 0 Å². The van der Waals surface area contributed by atoms with Gasteiger partial charge in [-0.2, -0.15) is 0 Å². The standard InChI is InChI=1S/C20H15BrN2O/c21-19-7-2-1-6-18(19)20(24)23-17-5-3-4-16(14-17)9-8-15-10-12-22-13-11-15/h1-14H,(H,23,24)/b9-8+. The van der Waals surface area contributed by atoms with Crippen LogP contribution in [-0.4, -0.2) is 10.9 Å². The molecule has 0 aliphatic carbocycles. The van der Waals surface area contributed by atoms with Crippen molar-refractivity contribution < 1.29 is 4.79 Å². The Bertz CT molecular complexity index is 876. The molecule has 0 aliphatic heterocycles. The molecule has 0 aliphatic rings. The third-order valence-electron chi connectivity index (χ3n) is 3.44. The van der Waals surface area contributed by atoms with Gasteiger partial charge < -0.3 is 5.32 Å². The smallest absolute Gasteiger partial charge is 0.256 e. The highest BCUT2D eigenvalue weighted by molar-refractivity contribution is 9.10. The van der Waals surface area contributed by atoms with E-state index in [0.29, 0.717) is 5.56 Å². The van der Waals surface area contributed by atoms with Gasteiger partial charge in [0.2, 0.25) is 0 Å². The van der Waals surface area contributed by atoms with Gasteiger partial charge in [-0.05, 0) is 63.5 Å². The molecule has 0 bridgehead atoms. The highest BCUT2D eigenvalue weighted by Crippen LogP contribution is 2.19. The Hall–Kier alpha value is -2.72. The van der Waals surface area contributed by atoms with E-state index in [0.717, 1.165) is 21.3 Å². The molecule has 0 saturated heterocycles. The molecule has 4 heteroatoms. The van der Waals surface area contributed by atoms with Crippen LogP contribution in [0.3, 0.4) is 0 Å². The molecule has 0 saturated carbocycles. The van der Waals surface area contributed by atoms with Crippen LogP contribution >= 0.6 is 15.9 Å². The number of hydrogen-bond donors (Lipinski definition) is 1. The van der Waals surface area contributed by atoms with Crippen LogP contribution in [0.1, 0.15) is 21.5 Å². The first-order chi connectivity index (χ1) is 11.7. The highest BCUT2D eigenvalue weighted by atomic mass is 79.9. The Morgan fingerprint density at radius 3 is 2.46 bits per heavy atom. The van der Waals surface area contributed by atoms with Gasteiger partial charge in [0.25, 0.3) is 5.91 Å². The van der Waals surface area contributed by atoms with Gasteiger partial charge in [0.1, 0.15) is 0 Å². The SMILES string of the molecule is O=C(Nc1cccc(/C=C/c2ccncc2)c1)c1ccccc1Br. The van der Waals surface area contributed by atoms with E-state index in [1.54, 1.807) is 18.5 Å². The first-order valence-electron chi connectivity index (χ1n) is 7.46. The lowest BCUT2D eigenvalue weighted by molar-refractivity contribution is 0.102. The minimum absolute atomic E-state index is 0.141. The maximum atomic E-state index is 12.4. The van der Waals surface area contributed by atoms with E-state index in [4.69, 9.17) is 0 Å². The predicted octanol–water partition coefficient (Wildman–Crippen LogP) is 5.27. The lowest BCUT2D eigenvalue weighted by Crippen LogP contribution is -2.12. The summed E-state index contributed by atoms with van der Waals surface area (Å²) < 4.78 is 0.774. The Labute approximate surface area is 149 Å². The molecule has 3 nitrogen and oxygen atoms in total. The molecule has 0 radical (unpaired) electrons. The fourth-order valence-corrected chi connectivity index (χ4v) is 2.70. The van der Waals surface area contributed by atoms with Crippen LogP contribution in [0.25, 0.3) is 12.2 Å². The number of hydrogen-bond acceptors (Lipinski definition) is 2. The van der Waals surface area contributed by atoms with Crippen molar-refractivity contribution in [2.45, 2.75) is 0 Å². The molecule has 3 aromatic rings. The molecule has 0 unspecified atom stereocenters. The van der Waals surface area contributed by atoms with E-state index in [1.165, 1.54) is 0 Å². The number of carbonyl (C=O) groups is 1. The number of nitrogens with one attached hydrogen (secondary N) is 1. The number of rotatable bonds is 4. The summed E-state index contributed by atoms with van der Waals surface area (Å²) in [6.45, 7) is 0. The zero-order valence-electron chi connectivity index (χ0n) is 12.8. The minimum atomic E-state index is -0.141. The second-order valence-corrected chi connectivity index (χ2v) is 6.03. The van der Waals surface area contributed by atoms with Crippen molar-refractivity contribution in [2.75, 3.05) is 5.32 Å². The summed E-state index contributed by atoms with van der Waals surface area (Å²) in [7, 11) is 0. The number of amides is 1. The number of aromatic nitrogens is 1. The summed E-state index contributed by atoms with van der Waals surface area (Å²) in [5, 5.41) is 2.92. The second kappa shape index (κ2) is 7.70. The predicted molar refractivity (Wildman–Crippen MR) is 102 cm³/mol. The van der Waals surface area contributed by atoms with Crippen LogP contribution in [0.5, 0.6) is 0 Å². The van der Waals surface area contributed by atoms with E-state index < -0.39 is 0 Å². The quantitative estimate of drug-likeness (QED) is 0.671. The van der Waals surface area contributed by atoms with Crippen molar-refractivity contribution in [3.05, 3.63) is 94.2 Å². The zero-order chi connectivity index (χ0) is 16.8. The molecule has 2 aromatic carbocycles. The maximum absolute atomic E-state index is 12.4. The van der Waals surface area contributed by atoms with E-state index >= 15 is 0 Å². The molecule has 118 valence electrons. The normalized spacial score (nSPS) is 10.7. The van der Waals surface area contributed by atoms with Crippen LogP contribution in [0.2, 0.25) is 0 Å². The van der Waals surface area contributed by atoms with Crippen LogP contribution in [0.15, 0.2) is 77.5 Å².